The van der Waals surface area contributed by atoms with Crippen LogP contribution in [0.5, 0.6) is 0 Å². The number of nitrogens with zero attached hydrogens (tertiary/aromatic N) is 4. The standard InChI is InChI=1S/C22H26N6O5/c1-13-6-8-22(9-7-13)20(31)28(21(32)24-22)26-18(29)12-33-19(30)16-4-5-17(23-11-16)27-15(3)10-14(2)25-27/h4-5,10-11,13H,6-9,12H2,1-3H3,(H,24,32)(H,26,29). The zero-order valence-electron chi connectivity index (χ0n) is 18.8. The van der Waals surface area contributed by atoms with Crippen molar-refractivity contribution in [3.63, 3.8) is 0 Å². The number of amides is 4. The average Bonchev–Trinajstić information content (AvgIpc) is 3.25. The van der Waals surface area contributed by atoms with Gasteiger partial charge < -0.3 is 10.1 Å². The number of esters is 1. The molecule has 0 radical (unpaired) electrons. The van der Waals surface area contributed by atoms with Gasteiger partial charge in [-0.25, -0.2) is 19.3 Å². The van der Waals surface area contributed by atoms with Gasteiger partial charge in [-0.05, 0) is 63.6 Å². The number of hydrogen-bond acceptors (Lipinski definition) is 7. The molecule has 1 saturated heterocycles. The van der Waals surface area contributed by atoms with Gasteiger partial charge in [0.05, 0.1) is 11.3 Å². The zero-order chi connectivity index (χ0) is 23.8. The predicted molar refractivity (Wildman–Crippen MR) is 115 cm³/mol. The van der Waals surface area contributed by atoms with E-state index in [1.807, 2.05) is 19.9 Å². The maximum absolute atomic E-state index is 12.8. The molecule has 1 saturated carbocycles. The predicted octanol–water partition coefficient (Wildman–Crippen LogP) is 1.57. The highest BCUT2D eigenvalue weighted by Crippen LogP contribution is 2.35. The van der Waals surface area contributed by atoms with Gasteiger partial charge in [0.15, 0.2) is 12.4 Å². The third-order valence-electron chi connectivity index (χ3n) is 6.07. The first-order valence-corrected chi connectivity index (χ1v) is 10.8. The molecule has 2 aromatic rings. The van der Waals surface area contributed by atoms with Crippen molar-refractivity contribution >= 4 is 23.8 Å². The fourth-order valence-electron chi connectivity index (χ4n) is 4.18. The first kappa shape index (κ1) is 22.4. The Kier molecular flexibility index (Phi) is 5.88. The summed E-state index contributed by atoms with van der Waals surface area (Å²) >= 11 is 0. The van der Waals surface area contributed by atoms with E-state index in [1.54, 1.807) is 10.7 Å². The van der Waals surface area contributed by atoms with E-state index in [0.29, 0.717) is 29.6 Å². The van der Waals surface area contributed by atoms with Gasteiger partial charge in [-0.1, -0.05) is 6.92 Å². The van der Waals surface area contributed by atoms with Gasteiger partial charge in [0, 0.05) is 11.9 Å². The number of imide groups is 1. The minimum Gasteiger partial charge on any atom is -0.452 e. The average molecular weight is 454 g/mol. The third kappa shape index (κ3) is 4.43. The second-order valence-electron chi connectivity index (χ2n) is 8.69. The monoisotopic (exact) mass is 454 g/mol. The smallest absolute Gasteiger partial charge is 0.344 e. The van der Waals surface area contributed by atoms with Crippen molar-refractivity contribution in [2.24, 2.45) is 5.92 Å². The second kappa shape index (κ2) is 8.64. The Labute approximate surface area is 190 Å². The number of hydrazine groups is 1. The van der Waals surface area contributed by atoms with Crippen LogP contribution in [-0.2, 0) is 14.3 Å². The van der Waals surface area contributed by atoms with Crippen LogP contribution in [0.2, 0.25) is 0 Å². The third-order valence-corrected chi connectivity index (χ3v) is 6.07. The van der Waals surface area contributed by atoms with Crippen LogP contribution in [0.25, 0.3) is 5.82 Å². The highest BCUT2D eigenvalue weighted by atomic mass is 16.5. The lowest BCUT2D eigenvalue weighted by atomic mass is 9.77. The van der Waals surface area contributed by atoms with Crippen molar-refractivity contribution in [3.8, 4) is 5.82 Å². The van der Waals surface area contributed by atoms with Crippen molar-refractivity contribution in [2.45, 2.75) is 52.0 Å². The summed E-state index contributed by atoms with van der Waals surface area (Å²) in [5, 5.41) is 7.72. The number of urea groups is 1. The summed E-state index contributed by atoms with van der Waals surface area (Å²) in [5.74, 6) is -1.00. The minimum atomic E-state index is -0.966. The van der Waals surface area contributed by atoms with Crippen LogP contribution in [0, 0.1) is 19.8 Å². The van der Waals surface area contributed by atoms with Crippen molar-refractivity contribution in [3.05, 3.63) is 41.3 Å². The Morgan fingerprint density at radius 1 is 1.24 bits per heavy atom. The second-order valence-corrected chi connectivity index (χ2v) is 8.69. The number of ether oxygens (including phenoxy) is 1. The summed E-state index contributed by atoms with van der Waals surface area (Å²) in [4.78, 5) is 53.8. The summed E-state index contributed by atoms with van der Waals surface area (Å²) in [6, 6.07) is 4.36. The van der Waals surface area contributed by atoms with E-state index in [9.17, 15) is 19.2 Å². The molecular formula is C22H26N6O5. The first-order valence-electron chi connectivity index (χ1n) is 10.8. The summed E-state index contributed by atoms with van der Waals surface area (Å²) in [6.07, 6.45) is 4.02. The van der Waals surface area contributed by atoms with Gasteiger partial charge in [0.1, 0.15) is 5.54 Å². The molecule has 1 aliphatic heterocycles. The van der Waals surface area contributed by atoms with E-state index < -0.39 is 36.0 Å². The number of nitrogens with one attached hydrogen (secondary N) is 2. The van der Waals surface area contributed by atoms with Crippen molar-refractivity contribution < 1.29 is 23.9 Å². The largest absolute Gasteiger partial charge is 0.452 e. The summed E-state index contributed by atoms with van der Waals surface area (Å²) in [7, 11) is 0. The molecule has 0 atom stereocenters. The Hall–Kier alpha value is -3.76. The van der Waals surface area contributed by atoms with Gasteiger partial charge in [-0.2, -0.15) is 10.1 Å². The van der Waals surface area contributed by atoms with Crippen molar-refractivity contribution in [1.29, 1.82) is 0 Å². The molecule has 11 heteroatoms. The molecule has 0 unspecified atom stereocenters. The molecule has 174 valence electrons. The van der Waals surface area contributed by atoms with Gasteiger partial charge in [0.2, 0.25) is 0 Å². The molecule has 1 aliphatic carbocycles. The number of rotatable bonds is 5. The van der Waals surface area contributed by atoms with E-state index in [0.717, 1.165) is 24.2 Å². The molecule has 0 bridgehead atoms. The quantitative estimate of drug-likeness (QED) is 0.517. The fraction of sp³-hybridized carbons (Fsp3) is 0.455. The first-order chi connectivity index (χ1) is 15.7. The van der Waals surface area contributed by atoms with Crippen LogP contribution in [0.15, 0.2) is 24.4 Å². The van der Waals surface area contributed by atoms with E-state index in [2.05, 4.69) is 27.7 Å². The summed E-state index contributed by atoms with van der Waals surface area (Å²) in [5.41, 5.74) is 3.17. The van der Waals surface area contributed by atoms with E-state index >= 15 is 0 Å². The van der Waals surface area contributed by atoms with Gasteiger partial charge in [0.25, 0.3) is 11.8 Å². The number of aryl methyl sites for hydroxylation is 2. The Balaban J connectivity index is 1.31. The molecule has 11 nitrogen and oxygen atoms in total. The maximum atomic E-state index is 12.8. The Morgan fingerprint density at radius 3 is 2.58 bits per heavy atom. The van der Waals surface area contributed by atoms with Crippen LogP contribution in [0.3, 0.4) is 0 Å². The SMILES string of the molecule is Cc1cc(C)n(-c2ccc(C(=O)OCC(=O)NN3C(=O)NC4(CCC(C)CC4)C3=O)cn2)n1. The van der Waals surface area contributed by atoms with Crippen LogP contribution in [-0.4, -0.2) is 55.7 Å². The highest BCUT2D eigenvalue weighted by molar-refractivity contribution is 6.08. The Bertz CT molecular complexity index is 1100. The highest BCUT2D eigenvalue weighted by Gasteiger charge is 2.52. The molecule has 4 rings (SSSR count). The van der Waals surface area contributed by atoms with E-state index in [4.69, 9.17) is 4.74 Å². The van der Waals surface area contributed by atoms with Crippen LogP contribution in [0.1, 0.15) is 54.4 Å². The molecule has 2 N–H and O–H groups in total. The number of hydrogen-bond donors (Lipinski definition) is 2. The molecule has 3 heterocycles. The molecule has 33 heavy (non-hydrogen) atoms. The van der Waals surface area contributed by atoms with Gasteiger partial charge in [-0.15, -0.1) is 0 Å². The van der Waals surface area contributed by atoms with Gasteiger partial charge in [-0.3, -0.25) is 15.0 Å². The summed E-state index contributed by atoms with van der Waals surface area (Å²) in [6.45, 7) is 5.21. The summed E-state index contributed by atoms with van der Waals surface area (Å²) < 4.78 is 6.66. The van der Waals surface area contributed by atoms with Crippen LogP contribution >= 0.6 is 0 Å². The molecule has 2 aromatic heterocycles. The lowest BCUT2D eigenvalue weighted by Gasteiger charge is -2.33. The topological polar surface area (TPSA) is 136 Å². The van der Waals surface area contributed by atoms with Crippen molar-refractivity contribution in [1.82, 2.24) is 30.5 Å². The molecule has 2 aliphatic rings. The number of aromatic nitrogens is 3. The zero-order valence-corrected chi connectivity index (χ0v) is 18.8. The molecular weight excluding hydrogens is 428 g/mol. The maximum Gasteiger partial charge on any atom is 0.344 e. The van der Waals surface area contributed by atoms with Crippen LogP contribution < -0.4 is 10.7 Å². The molecule has 0 aromatic carbocycles. The lowest BCUT2D eigenvalue weighted by molar-refractivity contribution is -0.141. The lowest BCUT2D eigenvalue weighted by Crippen LogP contribution is -2.52. The number of carbonyl (C=O) groups is 4. The minimum absolute atomic E-state index is 0.151. The van der Waals surface area contributed by atoms with E-state index in [1.165, 1.54) is 12.3 Å². The molecule has 1 spiro atoms. The van der Waals surface area contributed by atoms with Crippen LogP contribution in [0.4, 0.5) is 4.79 Å². The number of carbonyl (C=O) groups excluding carboxylic acids is 4. The molecule has 4 amide bonds. The number of pyridine rings is 1. The molecule has 2 fully saturated rings. The fourth-order valence-corrected chi connectivity index (χ4v) is 4.18. The van der Waals surface area contributed by atoms with Gasteiger partial charge >= 0.3 is 12.0 Å². The Morgan fingerprint density at radius 2 is 1.97 bits per heavy atom. The van der Waals surface area contributed by atoms with Crippen molar-refractivity contribution in [2.75, 3.05) is 6.61 Å². The van der Waals surface area contributed by atoms with E-state index in [-0.39, 0.29) is 5.56 Å². The normalized spacial score (nSPS) is 22.4.